The number of nitrogens with zero attached hydrogens (tertiary/aromatic N) is 4. The first kappa shape index (κ1) is 16.5. The van der Waals surface area contributed by atoms with Crippen LogP contribution in [-0.4, -0.2) is 26.5 Å². The first-order valence-corrected chi connectivity index (χ1v) is 8.23. The predicted molar refractivity (Wildman–Crippen MR) is 87.9 cm³/mol. The van der Waals surface area contributed by atoms with E-state index in [2.05, 4.69) is 16.8 Å². The van der Waals surface area contributed by atoms with E-state index in [9.17, 15) is 10.1 Å². The van der Waals surface area contributed by atoms with E-state index in [4.69, 9.17) is 9.47 Å². The van der Waals surface area contributed by atoms with Gasteiger partial charge in [-0.2, -0.15) is 0 Å². The lowest BCUT2D eigenvalue weighted by molar-refractivity contribution is -0.385. The number of fused-ring (bicyclic) bond motifs is 1. The third-order valence-electron chi connectivity index (χ3n) is 3.55. The van der Waals surface area contributed by atoms with Crippen LogP contribution in [0.5, 0.6) is 5.75 Å². The molecular weight excluding hydrogens is 332 g/mol. The van der Waals surface area contributed by atoms with Crippen LogP contribution in [0.15, 0.2) is 29.9 Å². The van der Waals surface area contributed by atoms with Gasteiger partial charge < -0.3 is 14.0 Å². The Kier molecular flexibility index (Phi) is 4.81. The fraction of sp³-hybridized carbons (Fsp3) is 0.333. The molecule has 0 fully saturated rings. The van der Waals surface area contributed by atoms with Gasteiger partial charge in [-0.25, -0.2) is 0 Å². The van der Waals surface area contributed by atoms with E-state index in [0.717, 1.165) is 16.5 Å². The van der Waals surface area contributed by atoms with Crippen molar-refractivity contribution >= 4 is 17.4 Å². The molecule has 0 unspecified atom stereocenters. The highest BCUT2D eigenvalue weighted by atomic mass is 32.2. The van der Waals surface area contributed by atoms with Gasteiger partial charge in [-0.3, -0.25) is 10.1 Å². The number of benzene rings is 1. The molecule has 0 bridgehead atoms. The molecule has 8 nitrogen and oxygen atoms in total. The Labute approximate surface area is 142 Å². The molecular formula is C15H16N4O4S. The quantitative estimate of drug-likeness (QED) is 0.343. The van der Waals surface area contributed by atoms with Crippen molar-refractivity contribution in [3.05, 3.63) is 51.9 Å². The maximum Gasteiger partial charge on any atom is 0.270 e. The Balaban J connectivity index is 1.88. The molecule has 0 amide bonds. The van der Waals surface area contributed by atoms with Crippen molar-refractivity contribution in [3.8, 4) is 5.75 Å². The Morgan fingerprint density at radius 3 is 3.08 bits per heavy atom. The number of ether oxygens (including phenoxy) is 2. The Bertz CT molecular complexity index is 790. The first-order chi connectivity index (χ1) is 11.6. The summed E-state index contributed by atoms with van der Waals surface area (Å²) in [5, 5.41) is 20.1. The van der Waals surface area contributed by atoms with E-state index >= 15 is 0 Å². The normalized spacial score (nSPS) is 13.2. The average Bonchev–Trinajstić information content (AvgIpc) is 2.93. The number of aromatic nitrogens is 3. The van der Waals surface area contributed by atoms with Crippen LogP contribution in [0.25, 0.3) is 0 Å². The zero-order chi connectivity index (χ0) is 17.1. The van der Waals surface area contributed by atoms with Crippen LogP contribution < -0.4 is 4.74 Å². The number of aryl methyl sites for hydroxylation is 1. The summed E-state index contributed by atoms with van der Waals surface area (Å²) in [6, 6.07) is 3.03. The number of rotatable bonds is 6. The molecule has 9 heteroatoms. The van der Waals surface area contributed by atoms with Gasteiger partial charge in [0.25, 0.3) is 5.69 Å². The molecule has 1 aliphatic heterocycles. The van der Waals surface area contributed by atoms with Crippen molar-refractivity contribution in [1.82, 2.24) is 14.8 Å². The van der Waals surface area contributed by atoms with Crippen molar-refractivity contribution in [2.45, 2.75) is 31.0 Å². The Morgan fingerprint density at radius 1 is 1.50 bits per heavy atom. The zero-order valence-electron chi connectivity index (χ0n) is 13.1. The molecule has 1 aromatic carbocycles. The Hall–Kier alpha value is -2.39. The highest BCUT2D eigenvalue weighted by molar-refractivity contribution is 7.98. The van der Waals surface area contributed by atoms with Crippen molar-refractivity contribution in [2.75, 3.05) is 6.79 Å². The summed E-state index contributed by atoms with van der Waals surface area (Å²) in [5.41, 5.74) is 1.47. The fourth-order valence-corrected chi connectivity index (χ4v) is 3.40. The maximum atomic E-state index is 11.1. The molecule has 2 heterocycles. The molecule has 24 heavy (non-hydrogen) atoms. The summed E-state index contributed by atoms with van der Waals surface area (Å²) in [4.78, 5) is 10.7. The van der Waals surface area contributed by atoms with Crippen LogP contribution in [0.2, 0.25) is 0 Å². The number of non-ortho nitro benzene ring substituents is 1. The summed E-state index contributed by atoms with van der Waals surface area (Å²) < 4.78 is 12.7. The minimum Gasteiger partial charge on any atom is -0.467 e. The third-order valence-corrected chi connectivity index (χ3v) is 4.57. The van der Waals surface area contributed by atoms with Crippen LogP contribution in [0.4, 0.5) is 5.69 Å². The molecule has 0 radical (unpaired) electrons. The van der Waals surface area contributed by atoms with Gasteiger partial charge in [0, 0.05) is 35.6 Å². The summed E-state index contributed by atoms with van der Waals surface area (Å²) in [5.74, 6) is 1.94. The largest absolute Gasteiger partial charge is 0.467 e. The van der Waals surface area contributed by atoms with Crippen LogP contribution in [0.1, 0.15) is 17.0 Å². The van der Waals surface area contributed by atoms with Gasteiger partial charge in [-0.05, 0) is 6.92 Å². The van der Waals surface area contributed by atoms with Crippen molar-refractivity contribution < 1.29 is 14.4 Å². The van der Waals surface area contributed by atoms with E-state index in [1.165, 1.54) is 23.9 Å². The van der Waals surface area contributed by atoms with Crippen molar-refractivity contribution in [1.29, 1.82) is 0 Å². The molecule has 0 atom stereocenters. The lowest BCUT2D eigenvalue weighted by Crippen LogP contribution is -2.13. The smallest absolute Gasteiger partial charge is 0.270 e. The van der Waals surface area contributed by atoms with E-state index in [-0.39, 0.29) is 12.5 Å². The van der Waals surface area contributed by atoms with Gasteiger partial charge in [0.1, 0.15) is 11.6 Å². The van der Waals surface area contributed by atoms with E-state index in [1.54, 1.807) is 6.08 Å². The molecule has 0 spiro atoms. The van der Waals surface area contributed by atoms with E-state index in [0.29, 0.717) is 30.2 Å². The SMILES string of the molecule is C=CCn1c(C)nnc1SCc1cc([N+](=O)[O-])cc2c1OCOC2. The molecule has 0 N–H and O–H groups in total. The maximum absolute atomic E-state index is 11.1. The molecule has 1 aliphatic rings. The van der Waals surface area contributed by atoms with Crippen molar-refractivity contribution in [3.63, 3.8) is 0 Å². The van der Waals surface area contributed by atoms with Gasteiger partial charge in [-0.1, -0.05) is 17.8 Å². The van der Waals surface area contributed by atoms with E-state index < -0.39 is 4.92 Å². The Morgan fingerprint density at radius 2 is 2.33 bits per heavy atom. The number of nitro benzene ring substituents is 1. The monoisotopic (exact) mass is 348 g/mol. The summed E-state index contributed by atoms with van der Waals surface area (Å²) in [7, 11) is 0. The second kappa shape index (κ2) is 7.02. The minimum absolute atomic E-state index is 0.0298. The number of nitro groups is 1. The van der Waals surface area contributed by atoms with Gasteiger partial charge in [0.2, 0.25) is 0 Å². The predicted octanol–water partition coefficient (Wildman–Crippen LogP) is 2.84. The van der Waals surface area contributed by atoms with Crippen molar-refractivity contribution in [2.24, 2.45) is 0 Å². The molecule has 2 aromatic rings. The summed E-state index contributed by atoms with van der Waals surface area (Å²) in [6.45, 7) is 6.66. The topological polar surface area (TPSA) is 92.3 Å². The average molecular weight is 348 g/mol. The highest BCUT2D eigenvalue weighted by Gasteiger charge is 2.21. The second-order valence-corrected chi connectivity index (χ2v) is 6.12. The molecule has 126 valence electrons. The molecule has 1 aromatic heterocycles. The van der Waals surface area contributed by atoms with Gasteiger partial charge in [0.15, 0.2) is 11.9 Å². The lowest BCUT2D eigenvalue weighted by Gasteiger charge is -2.20. The number of allylic oxidation sites excluding steroid dienone is 1. The van der Waals surface area contributed by atoms with Gasteiger partial charge in [0.05, 0.1) is 11.5 Å². The lowest BCUT2D eigenvalue weighted by atomic mass is 10.1. The number of thioether (sulfide) groups is 1. The standard InChI is InChI=1S/C15H16N4O4S/c1-3-4-18-10(2)16-17-15(18)24-8-12-6-13(19(20)21)5-11-7-22-9-23-14(11)12/h3,5-6H,1,4,7-9H2,2H3. The first-order valence-electron chi connectivity index (χ1n) is 7.24. The number of hydrogen-bond donors (Lipinski definition) is 0. The van der Waals surface area contributed by atoms with Gasteiger partial charge >= 0.3 is 0 Å². The van der Waals surface area contributed by atoms with Crippen LogP contribution in [0.3, 0.4) is 0 Å². The fourth-order valence-electron chi connectivity index (χ4n) is 2.44. The second-order valence-electron chi connectivity index (χ2n) is 5.18. The molecule has 0 saturated heterocycles. The molecule has 0 aliphatic carbocycles. The van der Waals surface area contributed by atoms with Crippen LogP contribution in [-0.2, 0) is 23.6 Å². The zero-order valence-corrected chi connectivity index (χ0v) is 13.9. The molecule has 0 saturated carbocycles. The third kappa shape index (κ3) is 3.26. The van der Waals surface area contributed by atoms with Gasteiger partial charge in [-0.15, -0.1) is 16.8 Å². The van der Waals surface area contributed by atoms with Crippen LogP contribution in [0, 0.1) is 17.0 Å². The minimum atomic E-state index is -0.409. The highest BCUT2D eigenvalue weighted by Crippen LogP contribution is 2.36. The van der Waals surface area contributed by atoms with Crippen LogP contribution >= 0.6 is 11.8 Å². The summed E-state index contributed by atoms with van der Waals surface area (Å²) >= 11 is 1.45. The summed E-state index contributed by atoms with van der Waals surface area (Å²) in [6.07, 6.45) is 1.77. The number of hydrogen-bond acceptors (Lipinski definition) is 7. The van der Waals surface area contributed by atoms with E-state index in [1.807, 2.05) is 11.5 Å². The molecule has 3 rings (SSSR count).